The Morgan fingerprint density at radius 3 is 2.00 bits per heavy atom. The van der Waals surface area contributed by atoms with Gasteiger partial charge in [0.1, 0.15) is 12.6 Å². The van der Waals surface area contributed by atoms with Crippen molar-refractivity contribution in [3.8, 4) is 0 Å². The summed E-state index contributed by atoms with van der Waals surface area (Å²) in [6.07, 6.45) is 1.36. The van der Waals surface area contributed by atoms with E-state index >= 15 is 0 Å². The molecule has 9 heteroatoms. The number of sulfonamides is 1. The molecule has 0 fully saturated rings. The summed E-state index contributed by atoms with van der Waals surface area (Å²) in [6.45, 7) is 9.11. The zero-order chi connectivity index (χ0) is 29.7. The number of amides is 2. The van der Waals surface area contributed by atoms with Crippen LogP contribution in [0.25, 0.3) is 0 Å². The topological polar surface area (TPSA) is 86.8 Å². The van der Waals surface area contributed by atoms with E-state index in [1.54, 1.807) is 12.1 Å². The molecule has 0 heterocycles. The lowest BCUT2D eigenvalue weighted by Gasteiger charge is -2.35. The summed E-state index contributed by atoms with van der Waals surface area (Å²) in [5.74, 6) is -0.781. The van der Waals surface area contributed by atoms with Crippen molar-refractivity contribution in [2.75, 3.05) is 17.1 Å². The Kier molecular flexibility index (Phi) is 10.2. The lowest BCUT2D eigenvalue weighted by molar-refractivity contribution is -0.140. The first-order valence-electron chi connectivity index (χ1n) is 13.1. The van der Waals surface area contributed by atoms with E-state index in [1.165, 1.54) is 4.90 Å². The van der Waals surface area contributed by atoms with Crippen LogP contribution in [0.3, 0.4) is 0 Å². The molecule has 3 aromatic rings. The third-order valence-corrected chi connectivity index (χ3v) is 7.88. The highest BCUT2D eigenvalue weighted by molar-refractivity contribution is 9.10. The molecule has 0 radical (unpaired) electrons. The highest BCUT2D eigenvalue weighted by Crippen LogP contribution is 2.23. The highest BCUT2D eigenvalue weighted by atomic mass is 79.9. The van der Waals surface area contributed by atoms with E-state index in [1.807, 2.05) is 95.3 Å². The van der Waals surface area contributed by atoms with Crippen molar-refractivity contribution in [3.05, 3.63) is 99.5 Å². The molecule has 0 saturated carbocycles. The number of hydrogen-bond donors (Lipinski definition) is 1. The maximum atomic E-state index is 14.1. The molecule has 0 aromatic heterocycles. The van der Waals surface area contributed by atoms with Crippen molar-refractivity contribution in [1.82, 2.24) is 10.2 Å². The monoisotopic (exact) mass is 627 g/mol. The van der Waals surface area contributed by atoms with Crippen molar-refractivity contribution in [1.29, 1.82) is 0 Å². The molecule has 0 spiro atoms. The van der Waals surface area contributed by atoms with Gasteiger partial charge in [0.25, 0.3) is 0 Å². The fourth-order valence-corrected chi connectivity index (χ4v) is 5.60. The van der Waals surface area contributed by atoms with Gasteiger partial charge in [-0.2, -0.15) is 0 Å². The zero-order valence-corrected chi connectivity index (χ0v) is 26.3. The standard InChI is InChI=1S/C31H38BrN3O4S/c1-22-16-23(2)18-27(17-22)35(40(6,38)39)21-29(36)34(20-25-12-14-26(32)15-13-25)28(30(37)33-31(3,4)5)19-24-10-8-7-9-11-24/h7-18,28H,19-21H2,1-6H3,(H,33,37). The predicted molar refractivity (Wildman–Crippen MR) is 165 cm³/mol. The molecule has 0 aliphatic rings. The number of anilines is 1. The Morgan fingerprint density at radius 1 is 0.900 bits per heavy atom. The van der Waals surface area contributed by atoms with Gasteiger partial charge in [0.2, 0.25) is 21.8 Å². The minimum atomic E-state index is -3.81. The second-order valence-corrected chi connectivity index (χ2v) is 14.0. The van der Waals surface area contributed by atoms with Crippen LogP contribution in [0.1, 0.15) is 43.0 Å². The summed E-state index contributed by atoms with van der Waals surface area (Å²) in [5, 5.41) is 3.03. The lowest BCUT2D eigenvalue weighted by atomic mass is 10.0. The molecule has 1 atom stereocenters. The van der Waals surface area contributed by atoms with Crippen molar-refractivity contribution in [2.24, 2.45) is 0 Å². The molecule has 7 nitrogen and oxygen atoms in total. The Bertz CT molecular complexity index is 1420. The van der Waals surface area contributed by atoms with Gasteiger partial charge >= 0.3 is 0 Å². The van der Waals surface area contributed by atoms with Crippen LogP contribution in [0.4, 0.5) is 5.69 Å². The fraction of sp³-hybridized carbons (Fsp3) is 0.355. The first-order chi connectivity index (χ1) is 18.6. The third kappa shape index (κ3) is 9.20. The molecule has 0 saturated heterocycles. The number of rotatable bonds is 10. The fourth-order valence-electron chi connectivity index (χ4n) is 4.50. The van der Waals surface area contributed by atoms with Crippen LogP contribution in [0.15, 0.2) is 77.3 Å². The molecule has 3 rings (SSSR count). The predicted octanol–water partition coefficient (Wildman–Crippen LogP) is 5.39. The summed E-state index contributed by atoms with van der Waals surface area (Å²) in [4.78, 5) is 29.4. The van der Waals surface area contributed by atoms with E-state index in [0.29, 0.717) is 5.69 Å². The van der Waals surface area contributed by atoms with Crippen LogP contribution in [0, 0.1) is 13.8 Å². The van der Waals surface area contributed by atoms with Crippen molar-refractivity contribution < 1.29 is 18.0 Å². The quantitative estimate of drug-likeness (QED) is 0.327. The Balaban J connectivity index is 2.08. The van der Waals surface area contributed by atoms with Crippen molar-refractivity contribution in [3.63, 3.8) is 0 Å². The number of carbonyl (C=O) groups excluding carboxylic acids is 2. The van der Waals surface area contributed by atoms with Crippen LogP contribution in [-0.4, -0.2) is 49.5 Å². The SMILES string of the molecule is Cc1cc(C)cc(N(CC(=O)N(Cc2ccc(Br)cc2)C(Cc2ccccc2)C(=O)NC(C)(C)C)S(C)(=O)=O)c1. The summed E-state index contributed by atoms with van der Waals surface area (Å²) in [6, 6.07) is 21.6. The van der Waals surface area contributed by atoms with Gasteiger partial charge in [-0.25, -0.2) is 8.42 Å². The molecule has 3 aromatic carbocycles. The number of hydrogen-bond acceptors (Lipinski definition) is 4. The minimum absolute atomic E-state index is 0.131. The van der Waals surface area contributed by atoms with Gasteiger partial charge in [-0.15, -0.1) is 0 Å². The normalized spacial score (nSPS) is 12.5. The van der Waals surface area contributed by atoms with E-state index in [-0.39, 0.29) is 18.9 Å². The lowest BCUT2D eigenvalue weighted by Crippen LogP contribution is -2.56. The minimum Gasteiger partial charge on any atom is -0.350 e. The molecule has 1 N–H and O–H groups in total. The van der Waals surface area contributed by atoms with Crippen LogP contribution < -0.4 is 9.62 Å². The molecular formula is C31H38BrN3O4S. The van der Waals surface area contributed by atoms with Crippen LogP contribution in [0.5, 0.6) is 0 Å². The Labute approximate surface area is 246 Å². The zero-order valence-electron chi connectivity index (χ0n) is 23.9. The molecule has 2 amide bonds. The number of nitrogens with zero attached hydrogens (tertiary/aromatic N) is 2. The highest BCUT2D eigenvalue weighted by Gasteiger charge is 2.34. The summed E-state index contributed by atoms with van der Waals surface area (Å²) >= 11 is 3.44. The average molecular weight is 629 g/mol. The van der Waals surface area contributed by atoms with Crippen molar-refractivity contribution >= 4 is 43.5 Å². The molecule has 214 valence electrons. The average Bonchev–Trinajstić information content (AvgIpc) is 2.84. The van der Waals surface area contributed by atoms with Crippen LogP contribution >= 0.6 is 15.9 Å². The van der Waals surface area contributed by atoms with Gasteiger partial charge in [0.05, 0.1) is 11.9 Å². The van der Waals surface area contributed by atoms with Gasteiger partial charge in [-0.3, -0.25) is 13.9 Å². The van der Waals surface area contributed by atoms with Gasteiger partial charge < -0.3 is 10.2 Å². The third-order valence-electron chi connectivity index (χ3n) is 6.21. The second-order valence-electron chi connectivity index (χ2n) is 11.2. The van der Waals surface area contributed by atoms with E-state index < -0.39 is 34.1 Å². The molecule has 1 unspecified atom stereocenters. The maximum Gasteiger partial charge on any atom is 0.244 e. The van der Waals surface area contributed by atoms with E-state index in [4.69, 9.17) is 0 Å². The van der Waals surface area contributed by atoms with Gasteiger partial charge in [0, 0.05) is 23.0 Å². The molecule has 0 aliphatic carbocycles. The van der Waals surface area contributed by atoms with Gasteiger partial charge in [0.15, 0.2) is 0 Å². The molecule has 40 heavy (non-hydrogen) atoms. The first kappa shape index (κ1) is 31.4. The Hall–Kier alpha value is -3.17. The van der Waals surface area contributed by atoms with E-state index in [0.717, 1.165) is 37.3 Å². The number of benzene rings is 3. The van der Waals surface area contributed by atoms with Crippen molar-refractivity contribution in [2.45, 2.75) is 59.2 Å². The smallest absolute Gasteiger partial charge is 0.244 e. The number of halogens is 1. The van der Waals surface area contributed by atoms with Crippen LogP contribution in [-0.2, 0) is 32.6 Å². The molecular weight excluding hydrogens is 590 g/mol. The largest absolute Gasteiger partial charge is 0.350 e. The van der Waals surface area contributed by atoms with E-state index in [9.17, 15) is 18.0 Å². The Morgan fingerprint density at radius 2 is 1.48 bits per heavy atom. The van der Waals surface area contributed by atoms with Crippen LogP contribution in [0.2, 0.25) is 0 Å². The molecule has 0 aliphatic heterocycles. The van der Waals surface area contributed by atoms with Gasteiger partial charge in [-0.05, 0) is 81.1 Å². The van der Waals surface area contributed by atoms with E-state index in [2.05, 4.69) is 21.2 Å². The number of carbonyl (C=O) groups is 2. The number of nitrogens with one attached hydrogen (secondary N) is 1. The summed E-state index contributed by atoms with van der Waals surface area (Å²) in [5.41, 5.74) is 3.35. The molecule has 0 bridgehead atoms. The number of aryl methyl sites for hydroxylation is 2. The second kappa shape index (κ2) is 13.0. The summed E-state index contributed by atoms with van der Waals surface area (Å²) in [7, 11) is -3.81. The maximum absolute atomic E-state index is 14.1. The summed E-state index contributed by atoms with van der Waals surface area (Å²) < 4.78 is 27.9. The van der Waals surface area contributed by atoms with Gasteiger partial charge in [-0.1, -0.05) is 64.5 Å². The first-order valence-corrected chi connectivity index (χ1v) is 15.7.